The summed E-state index contributed by atoms with van der Waals surface area (Å²) in [6.45, 7) is 1.40. The van der Waals surface area contributed by atoms with Gasteiger partial charge in [0, 0.05) is 25.1 Å². The molecule has 5 heterocycles. The lowest BCUT2D eigenvalue weighted by Crippen LogP contribution is -2.22. The summed E-state index contributed by atoms with van der Waals surface area (Å²) in [5, 5.41) is 9.95. The quantitative estimate of drug-likeness (QED) is 0.527. The Labute approximate surface area is 181 Å². The van der Waals surface area contributed by atoms with Gasteiger partial charge in [0.25, 0.3) is 0 Å². The van der Waals surface area contributed by atoms with E-state index in [0.29, 0.717) is 30.2 Å². The smallest absolute Gasteiger partial charge is 0.341 e. The van der Waals surface area contributed by atoms with Gasteiger partial charge in [0.15, 0.2) is 5.82 Å². The van der Waals surface area contributed by atoms with E-state index in [9.17, 15) is 14.7 Å². The molecule has 0 amide bonds. The predicted molar refractivity (Wildman–Crippen MR) is 115 cm³/mol. The van der Waals surface area contributed by atoms with Gasteiger partial charge in [-0.15, -0.1) is 0 Å². The maximum absolute atomic E-state index is 12.8. The van der Waals surface area contributed by atoms with Crippen LogP contribution in [0.1, 0.15) is 27.3 Å². The third-order valence-corrected chi connectivity index (χ3v) is 5.54. The summed E-state index contributed by atoms with van der Waals surface area (Å²) >= 11 is 6.51. The number of carbonyl (C=O) groups is 1. The van der Waals surface area contributed by atoms with Gasteiger partial charge < -0.3 is 14.6 Å². The van der Waals surface area contributed by atoms with E-state index >= 15 is 0 Å². The third-order valence-electron chi connectivity index (χ3n) is 5.26. The summed E-state index contributed by atoms with van der Waals surface area (Å²) < 4.78 is 1.63. The van der Waals surface area contributed by atoms with Gasteiger partial charge in [-0.25, -0.2) is 9.78 Å². The molecule has 0 aromatic carbocycles. The van der Waals surface area contributed by atoms with Crippen LogP contribution in [-0.4, -0.2) is 30.6 Å². The molecule has 4 aromatic rings. The summed E-state index contributed by atoms with van der Waals surface area (Å²) in [6.07, 6.45) is 4.71. The zero-order chi connectivity index (χ0) is 21.5. The van der Waals surface area contributed by atoms with Gasteiger partial charge in [-0.3, -0.25) is 14.8 Å². The van der Waals surface area contributed by atoms with Crippen molar-refractivity contribution >= 4 is 34.4 Å². The highest BCUT2D eigenvalue weighted by molar-refractivity contribution is 6.33. The highest BCUT2D eigenvalue weighted by Crippen LogP contribution is 2.32. The zero-order valence-corrected chi connectivity index (χ0v) is 17.0. The number of aromatic nitrogens is 4. The standard InChI is InChI=1S/C22H16ClN5O3/c23-17-8-15-19(29)16(22(30)31)11-28(10-14-5-1-2-6-24-14)20(15)26-21(17)27-9-13-4-3-7-25-18(13)12-27/h1-8,11H,9-10,12H2,(H,30,31). The normalized spacial score (nSPS) is 12.9. The molecule has 1 aliphatic rings. The Balaban J connectivity index is 1.67. The fraction of sp³-hybridized carbons (Fsp3) is 0.136. The van der Waals surface area contributed by atoms with E-state index < -0.39 is 11.4 Å². The molecule has 0 spiro atoms. The second-order valence-corrected chi connectivity index (χ2v) is 7.66. The first-order chi connectivity index (χ1) is 15.0. The average Bonchev–Trinajstić information content (AvgIpc) is 3.20. The number of aromatic carboxylic acids is 1. The number of hydrogen-bond donors (Lipinski definition) is 1. The van der Waals surface area contributed by atoms with Gasteiger partial charge in [0.1, 0.15) is 11.2 Å². The van der Waals surface area contributed by atoms with Crippen LogP contribution in [0.3, 0.4) is 0 Å². The zero-order valence-electron chi connectivity index (χ0n) is 16.2. The van der Waals surface area contributed by atoms with Gasteiger partial charge >= 0.3 is 5.97 Å². The van der Waals surface area contributed by atoms with Crippen LogP contribution in [0, 0.1) is 0 Å². The molecule has 5 rings (SSSR count). The lowest BCUT2D eigenvalue weighted by molar-refractivity contribution is 0.0695. The Morgan fingerprint density at radius 2 is 1.97 bits per heavy atom. The minimum atomic E-state index is -1.30. The van der Waals surface area contributed by atoms with Gasteiger partial charge in [0.05, 0.1) is 34.9 Å². The van der Waals surface area contributed by atoms with Crippen molar-refractivity contribution in [3.05, 3.63) is 92.7 Å². The Morgan fingerprint density at radius 1 is 1.13 bits per heavy atom. The second kappa shape index (κ2) is 7.48. The molecule has 8 nitrogen and oxygen atoms in total. The number of hydrogen-bond acceptors (Lipinski definition) is 6. The summed E-state index contributed by atoms with van der Waals surface area (Å²) in [7, 11) is 0. The molecule has 0 radical (unpaired) electrons. The number of pyridine rings is 4. The fourth-order valence-corrected chi connectivity index (χ4v) is 4.06. The van der Waals surface area contributed by atoms with Crippen molar-refractivity contribution < 1.29 is 9.90 Å². The third kappa shape index (κ3) is 3.40. The maximum Gasteiger partial charge on any atom is 0.341 e. The van der Waals surface area contributed by atoms with Crippen molar-refractivity contribution in [2.75, 3.05) is 4.90 Å². The Bertz CT molecular complexity index is 1360. The molecular formula is C22H16ClN5O3. The Hall–Kier alpha value is -3.78. The van der Waals surface area contributed by atoms with E-state index in [1.165, 1.54) is 12.3 Å². The molecule has 154 valence electrons. The van der Waals surface area contributed by atoms with Crippen LogP contribution in [0.5, 0.6) is 0 Å². The lowest BCUT2D eigenvalue weighted by Gasteiger charge is -2.20. The molecule has 0 saturated heterocycles. The molecule has 0 unspecified atom stereocenters. The van der Waals surface area contributed by atoms with E-state index in [4.69, 9.17) is 16.6 Å². The fourth-order valence-electron chi connectivity index (χ4n) is 3.79. The molecule has 0 bridgehead atoms. The monoisotopic (exact) mass is 433 g/mol. The molecular weight excluding hydrogens is 418 g/mol. The maximum atomic E-state index is 12.8. The topological polar surface area (TPSA) is 101 Å². The first-order valence-electron chi connectivity index (χ1n) is 9.56. The van der Waals surface area contributed by atoms with Gasteiger partial charge in [0.2, 0.25) is 5.43 Å². The van der Waals surface area contributed by atoms with Gasteiger partial charge in [-0.1, -0.05) is 23.7 Å². The molecule has 4 aromatic heterocycles. The predicted octanol–water partition coefficient (Wildman–Crippen LogP) is 3.11. The summed E-state index contributed by atoms with van der Waals surface area (Å²) in [5.41, 5.74) is 2.14. The summed E-state index contributed by atoms with van der Waals surface area (Å²) in [5.74, 6) is -0.785. The summed E-state index contributed by atoms with van der Waals surface area (Å²) in [6, 6.07) is 10.9. The largest absolute Gasteiger partial charge is 0.477 e. The molecule has 0 aliphatic carbocycles. The van der Waals surface area contributed by atoms with Crippen molar-refractivity contribution in [3.8, 4) is 0 Å². The van der Waals surface area contributed by atoms with Gasteiger partial charge in [-0.2, -0.15) is 0 Å². The first kappa shape index (κ1) is 19.2. The minimum Gasteiger partial charge on any atom is -0.477 e. The van der Waals surface area contributed by atoms with E-state index in [1.807, 2.05) is 29.2 Å². The highest BCUT2D eigenvalue weighted by Gasteiger charge is 2.25. The van der Waals surface area contributed by atoms with Crippen LogP contribution in [0.4, 0.5) is 5.82 Å². The van der Waals surface area contributed by atoms with Crippen LogP contribution >= 0.6 is 11.6 Å². The van der Waals surface area contributed by atoms with Gasteiger partial charge in [-0.05, 0) is 29.8 Å². The van der Waals surface area contributed by atoms with E-state index in [2.05, 4.69) is 9.97 Å². The molecule has 0 atom stereocenters. The molecule has 9 heteroatoms. The Morgan fingerprint density at radius 3 is 2.71 bits per heavy atom. The molecule has 0 fully saturated rings. The minimum absolute atomic E-state index is 0.152. The van der Waals surface area contributed by atoms with E-state index in [1.54, 1.807) is 23.0 Å². The molecule has 0 saturated carbocycles. The van der Waals surface area contributed by atoms with Crippen LogP contribution in [0.2, 0.25) is 5.02 Å². The first-order valence-corrected chi connectivity index (χ1v) is 9.93. The van der Waals surface area contributed by atoms with Crippen LogP contribution in [0.15, 0.2) is 59.8 Å². The van der Waals surface area contributed by atoms with E-state index in [-0.39, 0.29) is 22.5 Å². The second-order valence-electron chi connectivity index (χ2n) is 7.26. The molecule has 1 aliphatic heterocycles. The van der Waals surface area contributed by atoms with Crippen molar-refractivity contribution in [1.82, 2.24) is 19.5 Å². The average molecular weight is 434 g/mol. The number of anilines is 1. The number of carboxylic acids is 1. The van der Waals surface area contributed by atoms with Crippen LogP contribution in [0.25, 0.3) is 11.0 Å². The van der Waals surface area contributed by atoms with E-state index in [0.717, 1.165) is 11.3 Å². The number of rotatable bonds is 4. The SMILES string of the molecule is O=C(O)c1cn(Cc2ccccn2)c2nc(N3Cc4cccnc4C3)c(Cl)cc2c1=O. The van der Waals surface area contributed by atoms with Crippen LogP contribution < -0.4 is 10.3 Å². The molecule has 1 N–H and O–H groups in total. The van der Waals surface area contributed by atoms with Crippen molar-refractivity contribution in [3.63, 3.8) is 0 Å². The number of halogens is 1. The number of fused-ring (bicyclic) bond motifs is 2. The lowest BCUT2D eigenvalue weighted by atomic mass is 10.2. The number of carboxylic acid groups (broad SMARTS) is 1. The van der Waals surface area contributed by atoms with Crippen molar-refractivity contribution in [1.29, 1.82) is 0 Å². The number of nitrogens with zero attached hydrogens (tertiary/aromatic N) is 5. The van der Waals surface area contributed by atoms with Crippen molar-refractivity contribution in [2.24, 2.45) is 0 Å². The Kier molecular flexibility index (Phi) is 4.63. The summed E-state index contributed by atoms with van der Waals surface area (Å²) in [4.78, 5) is 39.9. The van der Waals surface area contributed by atoms with Crippen molar-refractivity contribution in [2.45, 2.75) is 19.6 Å². The molecule has 31 heavy (non-hydrogen) atoms. The van der Waals surface area contributed by atoms with Crippen LogP contribution in [-0.2, 0) is 19.6 Å². The highest BCUT2D eigenvalue weighted by atomic mass is 35.5.